The van der Waals surface area contributed by atoms with Crippen molar-refractivity contribution in [3.05, 3.63) is 113 Å². The summed E-state index contributed by atoms with van der Waals surface area (Å²) < 4.78 is 14.5. The number of fused-ring (bicyclic) bond motifs is 5. The van der Waals surface area contributed by atoms with Crippen LogP contribution in [0.25, 0.3) is 0 Å². The summed E-state index contributed by atoms with van der Waals surface area (Å²) in [6.45, 7) is 5.03. The van der Waals surface area contributed by atoms with Gasteiger partial charge in [0, 0.05) is 44.6 Å². The second-order valence-electron chi connectivity index (χ2n) is 11.1. The summed E-state index contributed by atoms with van der Waals surface area (Å²) >= 11 is 0. The van der Waals surface area contributed by atoms with Crippen molar-refractivity contribution >= 4 is 11.8 Å². The van der Waals surface area contributed by atoms with Gasteiger partial charge in [-0.2, -0.15) is 5.10 Å². The van der Waals surface area contributed by atoms with Crippen LogP contribution >= 0.6 is 0 Å². The number of likely N-dealkylation sites (N-methyl/N-ethyl adjacent to an activating group) is 1. The van der Waals surface area contributed by atoms with E-state index >= 15 is 0 Å². The Balaban J connectivity index is 1.21. The topological polar surface area (TPSA) is 88.9 Å². The maximum atomic E-state index is 13.2. The number of ether oxygens (including phenoxy) is 2. The van der Waals surface area contributed by atoms with Crippen LogP contribution in [0.5, 0.6) is 11.5 Å². The van der Waals surface area contributed by atoms with Gasteiger partial charge in [-0.3, -0.25) is 19.2 Å². The molecule has 2 aliphatic heterocycles. The molecule has 2 aliphatic rings. The fraction of sp³-hybridized carbons (Fsp3) is 0.303. The average Bonchev–Trinajstić information content (AvgIpc) is 3.62. The van der Waals surface area contributed by atoms with Crippen molar-refractivity contribution in [1.29, 1.82) is 0 Å². The number of carbonyl (C=O) groups excluding carboxylic acids is 2. The van der Waals surface area contributed by atoms with E-state index in [1.165, 1.54) is 16.0 Å². The number of nitrogens with zero attached hydrogens (tertiary/aromatic N) is 4. The molecular weight excluding hydrogens is 530 g/mol. The molecule has 9 heteroatoms. The van der Waals surface area contributed by atoms with Crippen LogP contribution in [0.1, 0.15) is 32.6 Å². The van der Waals surface area contributed by atoms with Gasteiger partial charge >= 0.3 is 0 Å². The lowest BCUT2D eigenvalue weighted by Gasteiger charge is -2.23. The molecule has 42 heavy (non-hydrogen) atoms. The van der Waals surface area contributed by atoms with Crippen LogP contribution in [0.4, 0.5) is 0 Å². The fourth-order valence-corrected chi connectivity index (χ4v) is 5.59. The largest absolute Gasteiger partial charge is 0.457 e. The van der Waals surface area contributed by atoms with E-state index in [4.69, 9.17) is 9.47 Å². The second kappa shape index (κ2) is 12.2. The van der Waals surface area contributed by atoms with Gasteiger partial charge in [-0.05, 0) is 59.5 Å². The number of aryl methyl sites for hydroxylation is 1. The van der Waals surface area contributed by atoms with Crippen LogP contribution in [0.3, 0.4) is 0 Å². The zero-order valence-corrected chi connectivity index (χ0v) is 23.9. The van der Waals surface area contributed by atoms with E-state index < -0.39 is 0 Å². The molecule has 1 N–H and O–H groups in total. The Morgan fingerprint density at radius 3 is 2.62 bits per heavy atom. The smallest absolute Gasteiger partial charge is 0.254 e. The summed E-state index contributed by atoms with van der Waals surface area (Å²) in [4.78, 5) is 30.1. The highest BCUT2D eigenvalue weighted by Crippen LogP contribution is 2.28. The molecule has 0 aliphatic carbocycles. The van der Waals surface area contributed by atoms with E-state index in [-0.39, 0.29) is 30.5 Å². The molecule has 3 aromatic carbocycles. The molecule has 4 aromatic rings. The molecule has 2 amide bonds. The van der Waals surface area contributed by atoms with E-state index in [0.29, 0.717) is 43.3 Å². The Bertz CT molecular complexity index is 1570. The molecule has 6 rings (SSSR count). The van der Waals surface area contributed by atoms with Gasteiger partial charge < -0.3 is 19.7 Å². The lowest BCUT2D eigenvalue weighted by atomic mass is 10.1. The maximum absolute atomic E-state index is 13.2. The SMILES string of the molecule is Cc1ccc2cc1Oc1cccc(c1)CO[C@H]1CN(Cc3cccc(Cn4cccn4)c3)C[C@@H]1NC(=O)CN(C)C2=O. The number of hydrogen-bond donors (Lipinski definition) is 1. The van der Waals surface area contributed by atoms with E-state index in [0.717, 1.165) is 17.7 Å². The number of likely N-dealkylation sites (tertiary alicyclic amines) is 1. The van der Waals surface area contributed by atoms with Gasteiger partial charge in [0.2, 0.25) is 5.91 Å². The molecule has 2 atom stereocenters. The fourth-order valence-electron chi connectivity index (χ4n) is 5.59. The van der Waals surface area contributed by atoms with Crippen LogP contribution in [0, 0.1) is 6.92 Å². The Hall–Kier alpha value is -4.47. The van der Waals surface area contributed by atoms with Gasteiger partial charge in [-0.15, -0.1) is 0 Å². The number of aromatic nitrogens is 2. The van der Waals surface area contributed by atoms with Crippen LogP contribution in [0.2, 0.25) is 0 Å². The average molecular weight is 566 g/mol. The second-order valence-corrected chi connectivity index (χ2v) is 11.1. The van der Waals surface area contributed by atoms with Crippen LogP contribution in [-0.2, 0) is 29.2 Å². The number of rotatable bonds is 4. The Morgan fingerprint density at radius 1 is 0.952 bits per heavy atom. The maximum Gasteiger partial charge on any atom is 0.254 e. The number of nitrogens with one attached hydrogen (secondary N) is 1. The van der Waals surface area contributed by atoms with Gasteiger partial charge in [-0.25, -0.2) is 0 Å². The highest BCUT2D eigenvalue weighted by Gasteiger charge is 2.35. The zero-order chi connectivity index (χ0) is 29.1. The van der Waals surface area contributed by atoms with Crippen molar-refractivity contribution in [1.82, 2.24) is 24.9 Å². The summed E-state index contributed by atoms with van der Waals surface area (Å²) in [7, 11) is 1.64. The molecule has 0 saturated carbocycles. The number of carbonyl (C=O) groups is 2. The lowest BCUT2D eigenvalue weighted by Crippen LogP contribution is -2.48. The van der Waals surface area contributed by atoms with Crippen LogP contribution in [0.15, 0.2) is 85.2 Å². The number of amides is 2. The first-order chi connectivity index (χ1) is 20.4. The molecule has 1 aromatic heterocycles. The minimum Gasteiger partial charge on any atom is -0.457 e. The van der Waals surface area contributed by atoms with Crippen molar-refractivity contribution in [2.24, 2.45) is 0 Å². The normalized spacial score (nSPS) is 19.7. The van der Waals surface area contributed by atoms with Crippen molar-refractivity contribution in [2.45, 2.75) is 38.8 Å². The van der Waals surface area contributed by atoms with Crippen molar-refractivity contribution < 1.29 is 19.1 Å². The zero-order valence-electron chi connectivity index (χ0n) is 23.9. The summed E-state index contributed by atoms with van der Waals surface area (Å²) in [5.74, 6) is 0.818. The van der Waals surface area contributed by atoms with E-state index in [1.807, 2.05) is 54.2 Å². The predicted molar refractivity (Wildman–Crippen MR) is 158 cm³/mol. The Kier molecular flexibility index (Phi) is 8.03. The summed E-state index contributed by atoms with van der Waals surface area (Å²) in [6, 6.07) is 23.4. The molecule has 3 heterocycles. The summed E-state index contributed by atoms with van der Waals surface area (Å²) in [5, 5.41) is 7.47. The standard InChI is InChI=1S/C33H35N5O4/c1-23-10-11-27-16-30(23)42-28-9-4-8-26(15-28)22-41-31-20-37(19-29(31)35-32(39)21-36(2)33(27)40)17-24-6-3-7-25(14-24)18-38-13-5-12-34-38/h3-16,29,31H,17-22H2,1-2H3,(H,35,39)/t29-,31-/m0/s1. The quantitative estimate of drug-likeness (QED) is 0.403. The van der Waals surface area contributed by atoms with Gasteiger partial charge in [0.05, 0.1) is 31.8 Å². The molecule has 1 fully saturated rings. The molecular formula is C33H35N5O4. The summed E-state index contributed by atoms with van der Waals surface area (Å²) in [5.41, 5.74) is 4.73. The first-order valence-corrected chi connectivity index (χ1v) is 14.2. The minimum atomic E-state index is -0.244. The van der Waals surface area contributed by atoms with Gasteiger partial charge in [0.25, 0.3) is 5.91 Å². The van der Waals surface area contributed by atoms with Crippen molar-refractivity contribution in [2.75, 3.05) is 26.7 Å². The van der Waals surface area contributed by atoms with Crippen LogP contribution in [-0.4, -0.2) is 70.2 Å². The van der Waals surface area contributed by atoms with Crippen LogP contribution < -0.4 is 10.1 Å². The molecule has 4 bridgehead atoms. The third-order valence-corrected chi connectivity index (χ3v) is 7.74. The van der Waals surface area contributed by atoms with E-state index in [9.17, 15) is 9.59 Å². The monoisotopic (exact) mass is 565 g/mol. The Labute approximate surface area is 245 Å². The summed E-state index contributed by atoms with van der Waals surface area (Å²) in [6.07, 6.45) is 3.53. The van der Waals surface area contributed by atoms with Crippen molar-refractivity contribution in [3.8, 4) is 11.5 Å². The molecule has 0 radical (unpaired) electrons. The van der Waals surface area contributed by atoms with E-state index in [1.54, 1.807) is 25.4 Å². The first-order valence-electron chi connectivity index (χ1n) is 14.2. The first kappa shape index (κ1) is 27.7. The molecule has 0 unspecified atom stereocenters. The van der Waals surface area contributed by atoms with Gasteiger partial charge in [0.15, 0.2) is 0 Å². The molecule has 0 spiro atoms. The number of benzene rings is 3. The Morgan fingerprint density at radius 2 is 1.79 bits per heavy atom. The third-order valence-electron chi connectivity index (χ3n) is 7.74. The number of hydrogen-bond acceptors (Lipinski definition) is 6. The molecule has 216 valence electrons. The van der Waals surface area contributed by atoms with E-state index in [2.05, 4.69) is 39.6 Å². The molecule has 9 nitrogen and oxygen atoms in total. The molecule has 1 saturated heterocycles. The lowest BCUT2D eigenvalue weighted by molar-refractivity contribution is -0.123. The van der Waals surface area contributed by atoms with Crippen molar-refractivity contribution in [3.63, 3.8) is 0 Å². The van der Waals surface area contributed by atoms with Gasteiger partial charge in [0.1, 0.15) is 11.5 Å². The third kappa shape index (κ3) is 6.53. The predicted octanol–water partition coefficient (Wildman–Crippen LogP) is 4.00. The minimum absolute atomic E-state index is 0.0549. The highest BCUT2D eigenvalue weighted by molar-refractivity contribution is 5.96. The highest BCUT2D eigenvalue weighted by atomic mass is 16.5. The van der Waals surface area contributed by atoms with Gasteiger partial charge in [-0.1, -0.05) is 42.5 Å².